The monoisotopic (exact) mass is 374 g/mol. The Balaban J connectivity index is 1.86. The Morgan fingerprint density at radius 2 is 1.39 bits per heavy atom. The minimum absolute atomic E-state index is 0.311. The quantitative estimate of drug-likeness (QED) is 0.524. The summed E-state index contributed by atoms with van der Waals surface area (Å²) in [4.78, 5) is 25.4. The van der Waals surface area contributed by atoms with Crippen LogP contribution in [-0.2, 0) is 15.1 Å². The second kappa shape index (κ2) is 8.19. The number of rotatable bonds is 6. The molecule has 0 heterocycles. The molecule has 0 saturated heterocycles. The second-order valence-corrected chi connectivity index (χ2v) is 6.76. The van der Waals surface area contributed by atoms with Gasteiger partial charge in [-0.15, -0.1) is 0 Å². The van der Waals surface area contributed by atoms with Crippen LogP contribution in [-0.4, -0.2) is 23.5 Å². The highest BCUT2D eigenvalue weighted by atomic mass is 16.6. The van der Waals surface area contributed by atoms with Crippen LogP contribution in [0.4, 0.5) is 0 Å². The molecule has 0 aliphatic heterocycles. The SMILES string of the molecule is Cc1ccc(C(=O)COC(=O)C(O)(c2ccccc2)c2ccccc2)c(C)c1. The summed E-state index contributed by atoms with van der Waals surface area (Å²) in [5.41, 5.74) is 1.14. The molecule has 0 unspecified atom stereocenters. The van der Waals surface area contributed by atoms with Crippen LogP contribution in [0.3, 0.4) is 0 Å². The van der Waals surface area contributed by atoms with E-state index in [1.54, 1.807) is 66.7 Å². The smallest absolute Gasteiger partial charge is 0.348 e. The first-order chi connectivity index (χ1) is 13.4. The largest absolute Gasteiger partial charge is 0.455 e. The lowest BCUT2D eigenvalue weighted by Crippen LogP contribution is -2.39. The van der Waals surface area contributed by atoms with E-state index in [1.807, 2.05) is 26.0 Å². The fourth-order valence-electron chi connectivity index (χ4n) is 3.20. The number of carbonyl (C=O) groups is 2. The predicted octanol–water partition coefficient (Wildman–Crippen LogP) is 3.97. The first-order valence-electron chi connectivity index (χ1n) is 9.04. The predicted molar refractivity (Wildman–Crippen MR) is 107 cm³/mol. The molecule has 1 N–H and O–H groups in total. The van der Waals surface area contributed by atoms with Crippen molar-refractivity contribution in [3.05, 3.63) is 107 Å². The van der Waals surface area contributed by atoms with Gasteiger partial charge in [0, 0.05) is 5.56 Å². The fraction of sp³-hybridized carbons (Fsp3) is 0.167. The van der Waals surface area contributed by atoms with E-state index in [4.69, 9.17) is 4.74 Å². The number of aliphatic hydroxyl groups is 1. The van der Waals surface area contributed by atoms with Crippen LogP contribution >= 0.6 is 0 Å². The molecule has 0 atom stereocenters. The number of ether oxygens (including phenoxy) is 1. The molecule has 0 bridgehead atoms. The minimum Gasteiger partial charge on any atom is -0.455 e. The van der Waals surface area contributed by atoms with Crippen molar-refractivity contribution in [2.45, 2.75) is 19.4 Å². The molecular formula is C24H22O4. The third kappa shape index (κ3) is 3.87. The van der Waals surface area contributed by atoms with Crippen molar-refractivity contribution in [1.29, 1.82) is 0 Å². The molecule has 3 aromatic rings. The molecule has 0 amide bonds. The number of aryl methyl sites for hydroxylation is 2. The van der Waals surface area contributed by atoms with Gasteiger partial charge < -0.3 is 9.84 Å². The van der Waals surface area contributed by atoms with Gasteiger partial charge in [-0.25, -0.2) is 4.79 Å². The maximum absolute atomic E-state index is 12.9. The molecule has 0 aliphatic rings. The third-order valence-corrected chi connectivity index (χ3v) is 4.70. The Bertz CT molecular complexity index is 939. The van der Waals surface area contributed by atoms with Crippen LogP contribution in [0.5, 0.6) is 0 Å². The lowest BCUT2D eigenvalue weighted by atomic mass is 9.86. The van der Waals surface area contributed by atoms with E-state index in [9.17, 15) is 14.7 Å². The molecule has 28 heavy (non-hydrogen) atoms. The number of Topliss-reactive ketones (excluding diaryl/α,β-unsaturated/α-hetero) is 1. The van der Waals surface area contributed by atoms with Gasteiger partial charge in [0.1, 0.15) is 0 Å². The van der Waals surface area contributed by atoms with Crippen LogP contribution in [0.25, 0.3) is 0 Å². The molecule has 0 spiro atoms. The maximum Gasteiger partial charge on any atom is 0.348 e. The number of carbonyl (C=O) groups excluding carboxylic acids is 2. The van der Waals surface area contributed by atoms with Crippen molar-refractivity contribution in [2.24, 2.45) is 0 Å². The lowest BCUT2D eigenvalue weighted by molar-refractivity contribution is -0.160. The Morgan fingerprint density at radius 1 is 0.857 bits per heavy atom. The first-order valence-corrected chi connectivity index (χ1v) is 9.04. The number of hydrogen-bond acceptors (Lipinski definition) is 4. The molecule has 4 heteroatoms. The molecule has 0 aliphatic carbocycles. The van der Waals surface area contributed by atoms with E-state index in [-0.39, 0.29) is 5.78 Å². The summed E-state index contributed by atoms with van der Waals surface area (Å²) in [6, 6.07) is 22.6. The van der Waals surface area contributed by atoms with Crippen molar-refractivity contribution in [2.75, 3.05) is 6.61 Å². The lowest BCUT2D eigenvalue weighted by Gasteiger charge is -2.27. The van der Waals surface area contributed by atoms with E-state index in [1.165, 1.54) is 0 Å². The van der Waals surface area contributed by atoms with Crippen LogP contribution in [0, 0.1) is 13.8 Å². The highest BCUT2D eigenvalue weighted by Gasteiger charge is 2.41. The van der Waals surface area contributed by atoms with Gasteiger partial charge in [-0.1, -0.05) is 84.4 Å². The fourth-order valence-corrected chi connectivity index (χ4v) is 3.20. The molecule has 3 aromatic carbocycles. The topological polar surface area (TPSA) is 63.6 Å². The van der Waals surface area contributed by atoms with Gasteiger partial charge in [0.05, 0.1) is 0 Å². The minimum atomic E-state index is -1.99. The summed E-state index contributed by atoms with van der Waals surface area (Å²) in [7, 11) is 0. The number of esters is 1. The molecule has 0 aromatic heterocycles. The van der Waals surface area contributed by atoms with E-state index < -0.39 is 18.2 Å². The summed E-state index contributed by atoms with van der Waals surface area (Å²) in [6.45, 7) is 3.35. The van der Waals surface area contributed by atoms with E-state index in [2.05, 4.69) is 0 Å². The average Bonchev–Trinajstić information content (AvgIpc) is 2.72. The van der Waals surface area contributed by atoms with E-state index >= 15 is 0 Å². The Kier molecular flexibility index (Phi) is 5.71. The van der Waals surface area contributed by atoms with Gasteiger partial charge in [-0.2, -0.15) is 0 Å². The van der Waals surface area contributed by atoms with Crippen LogP contribution in [0.2, 0.25) is 0 Å². The van der Waals surface area contributed by atoms with Crippen molar-refractivity contribution in [3.8, 4) is 0 Å². The molecule has 0 fully saturated rings. The summed E-state index contributed by atoms with van der Waals surface area (Å²) in [5, 5.41) is 11.3. The summed E-state index contributed by atoms with van der Waals surface area (Å²) in [6.07, 6.45) is 0. The Labute approximate surface area is 164 Å². The van der Waals surface area contributed by atoms with Crippen LogP contribution in [0.1, 0.15) is 32.6 Å². The highest BCUT2D eigenvalue weighted by Crippen LogP contribution is 2.31. The zero-order valence-corrected chi connectivity index (χ0v) is 15.9. The van der Waals surface area contributed by atoms with Gasteiger partial charge in [0.25, 0.3) is 0 Å². The molecule has 4 nitrogen and oxygen atoms in total. The normalized spacial score (nSPS) is 11.1. The van der Waals surface area contributed by atoms with Crippen molar-refractivity contribution >= 4 is 11.8 Å². The van der Waals surface area contributed by atoms with E-state index in [0.717, 1.165) is 11.1 Å². The summed E-state index contributed by atoms with van der Waals surface area (Å²) in [5.74, 6) is -1.20. The highest BCUT2D eigenvalue weighted by molar-refractivity contribution is 5.99. The maximum atomic E-state index is 12.9. The molecule has 0 saturated carbocycles. The van der Waals surface area contributed by atoms with Crippen molar-refractivity contribution in [3.63, 3.8) is 0 Å². The van der Waals surface area contributed by atoms with Crippen molar-refractivity contribution in [1.82, 2.24) is 0 Å². The zero-order chi connectivity index (χ0) is 20.1. The van der Waals surface area contributed by atoms with Crippen LogP contribution in [0.15, 0.2) is 78.9 Å². The molecule has 3 rings (SSSR count). The van der Waals surface area contributed by atoms with E-state index in [0.29, 0.717) is 16.7 Å². The third-order valence-electron chi connectivity index (χ3n) is 4.70. The molecule has 0 radical (unpaired) electrons. The van der Waals surface area contributed by atoms with Gasteiger partial charge >= 0.3 is 5.97 Å². The van der Waals surface area contributed by atoms with Gasteiger partial charge in [0.15, 0.2) is 6.61 Å². The van der Waals surface area contributed by atoms with Gasteiger partial charge in [0.2, 0.25) is 11.4 Å². The van der Waals surface area contributed by atoms with Gasteiger partial charge in [-0.05, 0) is 30.5 Å². The number of ketones is 1. The molecular weight excluding hydrogens is 352 g/mol. The van der Waals surface area contributed by atoms with Gasteiger partial charge in [-0.3, -0.25) is 4.79 Å². The number of benzene rings is 3. The first kappa shape index (κ1) is 19.5. The Hall–Kier alpha value is -3.24. The Morgan fingerprint density at radius 3 is 1.89 bits per heavy atom. The molecule has 142 valence electrons. The summed E-state index contributed by atoms with van der Waals surface area (Å²) >= 11 is 0. The average molecular weight is 374 g/mol. The van der Waals surface area contributed by atoms with Crippen molar-refractivity contribution < 1.29 is 19.4 Å². The second-order valence-electron chi connectivity index (χ2n) is 6.76. The standard InChI is InChI=1S/C24H22O4/c1-17-13-14-21(18(2)15-17)22(25)16-28-23(26)24(27,19-9-5-3-6-10-19)20-11-7-4-8-12-20/h3-15,27H,16H2,1-2H3. The number of hydrogen-bond donors (Lipinski definition) is 1. The summed E-state index contributed by atoms with van der Waals surface area (Å²) < 4.78 is 5.28. The van der Waals surface area contributed by atoms with Crippen LogP contribution < -0.4 is 0 Å². The zero-order valence-electron chi connectivity index (χ0n) is 15.9.